The number of carbonyl (C=O) groups excluding carboxylic acids is 1. The molecule has 0 aliphatic heterocycles. The van der Waals surface area contributed by atoms with Crippen LogP contribution in [0.25, 0.3) is 10.9 Å². The molecule has 2 heterocycles. The van der Waals surface area contributed by atoms with Crippen LogP contribution in [0.4, 0.5) is 5.00 Å². The van der Waals surface area contributed by atoms with E-state index in [2.05, 4.69) is 22.6 Å². The average molecular weight is 336 g/mol. The third-order valence-corrected chi connectivity index (χ3v) is 5.47. The number of nitriles is 1. The van der Waals surface area contributed by atoms with Gasteiger partial charge >= 0.3 is 0 Å². The van der Waals surface area contributed by atoms with Crippen LogP contribution in [-0.2, 0) is 24.2 Å². The number of fused-ring (bicyclic) bond motifs is 2. The van der Waals surface area contributed by atoms with Gasteiger partial charge in [0, 0.05) is 10.3 Å². The molecule has 4 rings (SSSR count). The van der Waals surface area contributed by atoms with Crippen LogP contribution in [-0.4, -0.2) is 15.7 Å². The first-order valence-corrected chi connectivity index (χ1v) is 8.83. The maximum absolute atomic E-state index is 12.4. The Morgan fingerprint density at radius 2 is 2.17 bits per heavy atom. The normalized spacial score (nSPS) is 13.5. The summed E-state index contributed by atoms with van der Waals surface area (Å²) in [5.74, 6) is -0.119. The second-order valence-electron chi connectivity index (χ2n) is 5.95. The molecular weight excluding hydrogens is 320 g/mol. The molecule has 0 saturated carbocycles. The minimum Gasteiger partial charge on any atom is -0.316 e. The second kappa shape index (κ2) is 6.10. The molecule has 2 aromatic heterocycles. The lowest BCUT2D eigenvalue weighted by atomic mass is 10.00. The molecule has 120 valence electrons. The van der Waals surface area contributed by atoms with Crippen molar-refractivity contribution in [3.63, 3.8) is 0 Å². The highest BCUT2D eigenvalue weighted by atomic mass is 32.1. The van der Waals surface area contributed by atoms with Gasteiger partial charge < -0.3 is 5.32 Å². The summed E-state index contributed by atoms with van der Waals surface area (Å²) in [4.78, 5) is 13.8. The lowest BCUT2D eigenvalue weighted by Gasteiger charge is -2.08. The standard InChI is InChI=1S/C18H16N4OS/c19-10-14-13-6-2-3-7-15(13)22(21-14)11-17(23)20-18-9-12-5-1-4-8-16(12)24-18/h2-3,6-7,9H,1,4-5,8,11H2,(H,20,23). The molecule has 1 aliphatic rings. The van der Waals surface area contributed by atoms with E-state index in [1.165, 1.54) is 23.3 Å². The van der Waals surface area contributed by atoms with Crippen molar-refractivity contribution in [1.82, 2.24) is 9.78 Å². The molecule has 0 saturated heterocycles. The van der Waals surface area contributed by atoms with Crippen LogP contribution in [0.3, 0.4) is 0 Å². The molecule has 1 amide bonds. The van der Waals surface area contributed by atoms with Crippen molar-refractivity contribution in [1.29, 1.82) is 5.26 Å². The van der Waals surface area contributed by atoms with Crippen LogP contribution < -0.4 is 5.32 Å². The van der Waals surface area contributed by atoms with Gasteiger partial charge in [-0.3, -0.25) is 9.48 Å². The highest BCUT2D eigenvalue weighted by Crippen LogP contribution is 2.32. The molecule has 0 atom stereocenters. The quantitative estimate of drug-likeness (QED) is 0.796. The van der Waals surface area contributed by atoms with E-state index in [1.807, 2.05) is 24.3 Å². The van der Waals surface area contributed by atoms with Gasteiger partial charge in [-0.2, -0.15) is 10.4 Å². The molecule has 0 bridgehead atoms. The number of rotatable bonds is 3. The number of hydrogen-bond acceptors (Lipinski definition) is 4. The van der Waals surface area contributed by atoms with E-state index in [9.17, 15) is 10.1 Å². The van der Waals surface area contributed by atoms with Crippen molar-refractivity contribution in [2.24, 2.45) is 0 Å². The van der Waals surface area contributed by atoms with Crippen LogP contribution >= 0.6 is 11.3 Å². The van der Waals surface area contributed by atoms with E-state index >= 15 is 0 Å². The molecule has 1 aliphatic carbocycles. The maximum Gasteiger partial charge on any atom is 0.246 e. The first kappa shape index (κ1) is 14.9. The number of aryl methyl sites for hydroxylation is 2. The molecular formula is C18H16N4OS. The molecule has 0 spiro atoms. The van der Waals surface area contributed by atoms with E-state index in [0.29, 0.717) is 5.69 Å². The number of para-hydroxylation sites is 1. The van der Waals surface area contributed by atoms with Gasteiger partial charge in [0.05, 0.1) is 10.5 Å². The lowest BCUT2D eigenvalue weighted by molar-refractivity contribution is -0.116. The lowest BCUT2D eigenvalue weighted by Crippen LogP contribution is -2.19. The minimum atomic E-state index is -0.119. The Morgan fingerprint density at radius 3 is 3.00 bits per heavy atom. The first-order chi connectivity index (χ1) is 11.7. The van der Waals surface area contributed by atoms with E-state index in [-0.39, 0.29) is 12.5 Å². The first-order valence-electron chi connectivity index (χ1n) is 8.01. The number of nitrogens with one attached hydrogen (secondary N) is 1. The summed E-state index contributed by atoms with van der Waals surface area (Å²) < 4.78 is 1.59. The fraction of sp³-hybridized carbons (Fsp3) is 0.278. The summed E-state index contributed by atoms with van der Waals surface area (Å²) in [6.45, 7) is 0.102. The summed E-state index contributed by atoms with van der Waals surface area (Å²) in [5, 5.41) is 18.1. The number of aromatic nitrogens is 2. The predicted molar refractivity (Wildman–Crippen MR) is 94.0 cm³/mol. The van der Waals surface area contributed by atoms with Gasteiger partial charge in [-0.1, -0.05) is 12.1 Å². The smallest absolute Gasteiger partial charge is 0.246 e. The Labute approximate surface area is 143 Å². The molecule has 1 N–H and O–H groups in total. The monoisotopic (exact) mass is 336 g/mol. The van der Waals surface area contributed by atoms with Crippen molar-refractivity contribution in [3.8, 4) is 6.07 Å². The zero-order chi connectivity index (χ0) is 16.5. The third-order valence-electron chi connectivity index (χ3n) is 4.32. The van der Waals surface area contributed by atoms with Crippen molar-refractivity contribution < 1.29 is 4.79 Å². The van der Waals surface area contributed by atoms with Gasteiger partial charge in [-0.05, 0) is 49.4 Å². The Bertz CT molecular complexity index is 940. The molecule has 0 radical (unpaired) electrons. The highest BCUT2D eigenvalue weighted by molar-refractivity contribution is 7.16. The SMILES string of the molecule is N#Cc1nn(CC(=O)Nc2cc3c(s2)CCCC3)c2ccccc12. The molecule has 0 fully saturated rings. The number of benzene rings is 1. The average Bonchev–Trinajstić information content (AvgIpc) is 3.15. The second-order valence-corrected chi connectivity index (χ2v) is 7.09. The van der Waals surface area contributed by atoms with Gasteiger partial charge in [0.25, 0.3) is 0 Å². The van der Waals surface area contributed by atoms with Crippen LogP contribution in [0.15, 0.2) is 30.3 Å². The predicted octanol–water partition coefficient (Wildman–Crippen LogP) is 3.49. The molecule has 3 aromatic rings. The van der Waals surface area contributed by atoms with Crippen LogP contribution in [0, 0.1) is 11.3 Å². The molecule has 6 heteroatoms. The summed E-state index contributed by atoms with van der Waals surface area (Å²) in [6, 6.07) is 11.7. The van der Waals surface area contributed by atoms with E-state index in [4.69, 9.17) is 0 Å². The van der Waals surface area contributed by atoms with Gasteiger partial charge in [0.15, 0.2) is 5.69 Å². The third kappa shape index (κ3) is 2.68. The Hall–Kier alpha value is -2.65. The van der Waals surface area contributed by atoms with E-state index in [0.717, 1.165) is 28.7 Å². The molecule has 0 unspecified atom stereocenters. The van der Waals surface area contributed by atoms with Crippen LogP contribution in [0.5, 0.6) is 0 Å². The van der Waals surface area contributed by atoms with E-state index < -0.39 is 0 Å². The summed E-state index contributed by atoms with van der Waals surface area (Å²) in [6.07, 6.45) is 4.69. The van der Waals surface area contributed by atoms with Crippen molar-refractivity contribution in [2.45, 2.75) is 32.2 Å². The Balaban J connectivity index is 1.54. The largest absolute Gasteiger partial charge is 0.316 e. The Kier molecular flexibility index (Phi) is 3.79. The van der Waals surface area contributed by atoms with Gasteiger partial charge in [0.1, 0.15) is 12.6 Å². The topological polar surface area (TPSA) is 70.7 Å². The maximum atomic E-state index is 12.4. The number of thiophene rings is 1. The number of hydrogen-bond donors (Lipinski definition) is 1. The number of amides is 1. The minimum absolute atomic E-state index is 0.102. The van der Waals surface area contributed by atoms with Gasteiger partial charge in [-0.15, -0.1) is 11.3 Å². The number of carbonyl (C=O) groups is 1. The molecule has 24 heavy (non-hydrogen) atoms. The number of nitrogens with zero attached hydrogens (tertiary/aromatic N) is 3. The van der Waals surface area contributed by atoms with Gasteiger partial charge in [-0.25, -0.2) is 0 Å². The molecule has 5 nitrogen and oxygen atoms in total. The van der Waals surface area contributed by atoms with Crippen molar-refractivity contribution >= 4 is 33.1 Å². The fourth-order valence-corrected chi connectivity index (χ4v) is 4.37. The highest BCUT2D eigenvalue weighted by Gasteiger charge is 2.16. The van der Waals surface area contributed by atoms with Crippen LogP contribution in [0.2, 0.25) is 0 Å². The Morgan fingerprint density at radius 1 is 1.33 bits per heavy atom. The summed E-state index contributed by atoms with van der Waals surface area (Å²) in [7, 11) is 0. The van der Waals surface area contributed by atoms with Crippen LogP contribution in [0.1, 0.15) is 29.0 Å². The van der Waals surface area contributed by atoms with Gasteiger partial charge in [0.2, 0.25) is 5.91 Å². The van der Waals surface area contributed by atoms with Crippen molar-refractivity contribution in [3.05, 3.63) is 46.5 Å². The molecule has 1 aromatic carbocycles. The number of anilines is 1. The zero-order valence-electron chi connectivity index (χ0n) is 13.1. The summed E-state index contributed by atoms with van der Waals surface area (Å²) >= 11 is 1.67. The van der Waals surface area contributed by atoms with Crippen molar-refractivity contribution in [2.75, 3.05) is 5.32 Å². The van der Waals surface area contributed by atoms with E-state index in [1.54, 1.807) is 16.0 Å². The fourth-order valence-electron chi connectivity index (χ4n) is 3.20. The summed E-state index contributed by atoms with van der Waals surface area (Å²) in [5.41, 5.74) is 2.53. The zero-order valence-corrected chi connectivity index (χ0v) is 13.9.